The first kappa shape index (κ1) is 6.27. The van der Waals surface area contributed by atoms with Crippen molar-refractivity contribution >= 4 is 5.65 Å². The number of rotatable bonds is 0. The van der Waals surface area contributed by atoms with E-state index in [0.717, 1.165) is 17.2 Å². The van der Waals surface area contributed by atoms with Crippen molar-refractivity contribution in [3.63, 3.8) is 0 Å². The van der Waals surface area contributed by atoms with Gasteiger partial charge in [0, 0.05) is 11.8 Å². The molecule has 2 heterocycles. The third kappa shape index (κ3) is 0.869. The van der Waals surface area contributed by atoms with Gasteiger partial charge < -0.3 is 0 Å². The molecule has 1 radical (unpaired) electrons. The molecular formula is C7H7N4. The minimum absolute atomic E-state index is 0.801. The van der Waals surface area contributed by atoms with Crippen molar-refractivity contribution in [3.05, 3.63) is 23.9 Å². The van der Waals surface area contributed by atoms with Gasteiger partial charge in [-0.3, -0.25) is 0 Å². The van der Waals surface area contributed by atoms with Crippen molar-refractivity contribution in [2.75, 3.05) is 0 Å². The lowest BCUT2D eigenvalue weighted by Crippen LogP contribution is -1.98. The van der Waals surface area contributed by atoms with Crippen LogP contribution in [0.25, 0.3) is 5.65 Å². The standard InChI is InChI=1S/C7H7N4/c1-5-3-7-8-4-9-11(7)6(2)10-5/h3H,1-2H3. The van der Waals surface area contributed by atoms with Gasteiger partial charge in [0.2, 0.25) is 6.33 Å². The molecule has 2 aromatic heterocycles. The van der Waals surface area contributed by atoms with Gasteiger partial charge in [-0.05, 0) is 13.8 Å². The van der Waals surface area contributed by atoms with Crippen LogP contribution >= 0.6 is 0 Å². The van der Waals surface area contributed by atoms with E-state index in [9.17, 15) is 0 Å². The predicted molar refractivity (Wildman–Crippen MR) is 39.1 cm³/mol. The Hall–Kier alpha value is -1.45. The molecular weight excluding hydrogens is 140 g/mol. The van der Waals surface area contributed by atoms with Crippen LogP contribution in [0.4, 0.5) is 0 Å². The summed E-state index contributed by atoms with van der Waals surface area (Å²) in [5, 5.41) is 3.88. The molecule has 2 rings (SSSR count). The van der Waals surface area contributed by atoms with E-state index < -0.39 is 0 Å². The summed E-state index contributed by atoms with van der Waals surface area (Å²) in [5.74, 6) is 0.841. The largest absolute Gasteiger partial charge is 0.238 e. The van der Waals surface area contributed by atoms with E-state index in [4.69, 9.17) is 0 Å². The SMILES string of the molecule is Cc1cc2n[c]nn2c(C)n1. The smallest absolute Gasteiger partial charge is 0.221 e. The number of fused-ring (bicyclic) bond motifs is 1. The molecule has 0 aliphatic rings. The second-order valence-corrected chi connectivity index (χ2v) is 2.43. The first-order valence-corrected chi connectivity index (χ1v) is 3.34. The molecule has 0 unspecified atom stereocenters. The summed E-state index contributed by atoms with van der Waals surface area (Å²) in [6.45, 7) is 3.82. The van der Waals surface area contributed by atoms with Gasteiger partial charge in [-0.2, -0.15) is 4.52 Å². The quantitative estimate of drug-likeness (QED) is 0.546. The molecule has 0 aromatic carbocycles. The van der Waals surface area contributed by atoms with Gasteiger partial charge in [0.05, 0.1) is 0 Å². The monoisotopic (exact) mass is 147 g/mol. The van der Waals surface area contributed by atoms with Gasteiger partial charge in [-0.25, -0.2) is 9.97 Å². The van der Waals surface area contributed by atoms with Crippen LogP contribution in [0.2, 0.25) is 0 Å². The molecule has 0 aliphatic carbocycles. The zero-order valence-corrected chi connectivity index (χ0v) is 6.37. The van der Waals surface area contributed by atoms with E-state index in [1.54, 1.807) is 4.52 Å². The van der Waals surface area contributed by atoms with Crippen LogP contribution in [-0.4, -0.2) is 19.6 Å². The fourth-order valence-electron chi connectivity index (χ4n) is 1.07. The van der Waals surface area contributed by atoms with E-state index in [0.29, 0.717) is 0 Å². The summed E-state index contributed by atoms with van der Waals surface area (Å²) in [4.78, 5) is 8.14. The average Bonchev–Trinajstić information content (AvgIpc) is 2.34. The fourth-order valence-corrected chi connectivity index (χ4v) is 1.07. The number of nitrogens with zero attached hydrogens (tertiary/aromatic N) is 4. The Morgan fingerprint density at radius 3 is 3.09 bits per heavy atom. The highest BCUT2D eigenvalue weighted by Gasteiger charge is 1.99. The van der Waals surface area contributed by atoms with E-state index in [1.807, 2.05) is 19.9 Å². The third-order valence-electron chi connectivity index (χ3n) is 1.51. The molecule has 4 nitrogen and oxygen atoms in total. The van der Waals surface area contributed by atoms with Crippen LogP contribution in [-0.2, 0) is 0 Å². The fraction of sp³-hybridized carbons (Fsp3) is 0.286. The number of hydrogen-bond donors (Lipinski definition) is 0. The summed E-state index contributed by atoms with van der Waals surface area (Å²) in [6, 6.07) is 1.87. The number of hydrogen-bond acceptors (Lipinski definition) is 3. The van der Waals surface area contributed by atoms with Crippen LogP contribution in [0.1, 0.15) is 11.5 Å². The molecule has 11 heavy (non-hydrogen) atoms. The molecule has 0 amide bonds. The Morgan fingerprint density at radius 2 is 2.27 bits per heavy atom. The van der Waals surface area contributed by atoms with Crippen molar-refractivity contribution in [1.29, 1.82) is 0 Å². The lowest BCUT2D eigenvalue weighted by atomic mass is 10.4. The van der Waals surface area contributed by atoms with E-state index in [1.165, 1.54) is 0 Å². The minimum atomic E-state index is 0.801. The van der Waals surface area contributed by atoms with Gasteiger partial charge in [0.15, 0.2) is 5.65 Å². The van der Waals surface area contributed by atoms with Gasteiger partial charge in [-0.15, -0.1) is 5.10 Å². The topological polar surface area (TPSA) is 43.1 Å². The molecule has 4 heteroatoms. The number of aryl methyl sites for hydroxylation is 2. The highest BCUT2D eigenvalue weighted by atomic mass is 15.3. The molecule has 0 fully saturated rings. The first-order chi connectivity index (χ1) is 5.27. The molecule has 0 atom stereocenters. The van der Waals surface area contributed by atoms with Crippen LogP contribution in [0, 0.1) is 20.2 Å². The van der Waals surface area contributed by atoms with Crippen LogP contribution in [0.15, 0.2) is 6.07 Å². The molecule has 55 valence electrons. The second-order valence-electron chi connectivity index (χ2n) is 2.43. The van der Waals surface area contributed by atoms with Gasteiger partial charge >= 0.3 is 0 Å². The van der Waals surface area contributed by atoms with Crippen LogP contribution in [0.5, 0.6) is 0 Å². The van der Waals surface area contributed by atoms with E-state index >= 15 is 0 Å². The minimum Gasteiger partial charge on any atom is -0.238 e. The summed E-state index contributed by atoms with van der Waals surface area (Å²) in [7, 11) is 0. The summed E-state index contributed by atoms with van der Waals surface area (Å²) < 4.78 is 1.66. The predicted octanol–water partition coefficient (Wildman–Crippen LogP) is 0.541. The maximum Gasteiger partial charge on any atom is 0.221 e. The van der Waals surface area contributed by atoms with Crippen LogP contribution < -0.4 is 0 Å². The van der Waals surface area contributed by atoms with Crippen molar-refractivity contribution in [3.8, 4) is 0 Å². The van der Waals surface area contributed by atoms with Gasteiger partial charge in [-0.1, -0.05) is 0 Å². The summed E-state index contributed by atoms with van der Waals surface area (Å²) in [5.41, 5.74) is 1.76. The van der Waals surface area contributed by atoms with E-state index in [2.05, 4.69) is 21.4 Å². The molecule has 0 saturated carbocycles. The highest BCUT2D eigenvalue weighted by molar-refractivity contribution is 5.37. The van der Waals surface area contributed by atoms with Crippen molar-refractivity contribution < 1.29 is 0 Å². The molecule has 2 aromatic rings. The van der Waals surface area contributed by atoms with Gasteiger partial charge in [0.25, 0.3) is 0 Å². The normalized spacial score (nSPS) is 10.7. The summed E-state index contributed by atoms with van der Waals surface area (Å²) in [6.07, 6.45) is 2.53. The lowest BCUT2D eigenvalue weighted by Gasteiger charge is -1.97. The van der Waals surface area contributed by atoms with Crippen molar-refractivity contribution in [2.24, 2.45) is 0 Å². The molecule has 0 saturated heterocycles. The molecule has 0 aliphatic heterocycles. The zero-order valence-electron chi connectivity index (χ0n) is 6.37. The third-order valence-corrected chi connectivity index (χ3v) is 1.51. The highest BCUT2D eigenvalue weighted by Crippen LogP contribution is 2.01. The van der Waals surface area contributed by atoms with Crippen LogP contribution in [0.3, 0.4) is 0 Å². The van der Waals surface area contributed by atoms with E-state index in [-0.39, 0.29) is 0 Å². The Kier molecular flexibility index (Phi) is 1.15. The first-order valence-electron chi connectivity index (χ1n) is 3.34. The average molecular weight is 147 g/mol. The lowest BCUT2D eigenvalue weighted by molar-refractivity contribution is 0.850. The Labute approximate surface area is 63.9 Å². The Morgan fingerprint density at radius 1 is 1.45 bits per heavy atom. The van der Waals surface area contributed by atoms with Gasteiger partial charge in [0.1, 0.15) is 5.82 Å². The second kappa shape index (κ2) is 2.02. The Bertz CT molecular complexity index is 390. The maximum atomic E-state index is 4.21. The zero-order chi connectivity index (χ0) is 7.84. The molecule has 0 bridgehead atoms. The molecule has 0 N–H and O–H groups in total. The summed E-state index contributed by atoms with van der Waals surface area (Å²) >= 11 is 0. The Balaban J connectivity index is 2.91. The maximum absolute atomic E-state index is 4.21. The molecule has 0 spiro atoms. The number of aromatic nitrogens is 4. The van der Waals surface area contributed by atoms with Crippen molar-refractivity contribution in [1.82, 2.24) is 19.6 Å². The van der Waals surface area contributed by atoms with Crippen molar-refractivity contribution in [2.45, 2.75) is 13.8 Å².